The Kier molecular flexibility index (Phi) is 2.85. The molecule has 0 aromatic rings. The van der Waals surface area contributed by atoms with Crippen molar-refractivity contribution in [2.45, 2.75) is 0 Å². The quantitative estimate of drug-likeness (QED) is 0.585. The predicted octanol–water partition coefficient (Wildman–Crippen LogP) is 0.147. The number of amides is 1. The first-order chi connectivity index (χ1) is 5.88. The van der Waals surface area contributed by atoms with E-state index in [2.05, 4.69) is 0 Å². The smallest absolute Gasteiger partial charge is 0.448 e. The van der Waals surface area contributed by atoms with Gasteiger partial charge in [0.25, 0.3) is 0 Å². The lowest BCUT2D eigenvalue weighted by molar-refractivity contribution is -0.134. The lowest BCUT2D eigenvalue weighted by atomic mass is 9.91. The van der Waals surface area contributed by atoms with Crippen molar-refractivity contribution in [3.05, 3.63) is 0 Å². The molecule has 1 rings (SSSR count). The van der Waals surface area contributed by atoms with E-state index in [1.54, 1.807) is 7.05 Å². The van der Waals surface area contributed by atoms with Gasteiger partial charge in [0, 0.05) is 20.1 Å². The zero-order valence-electron chi connectivity index (χ0n) is 7.34. The van der Waals surface area contributed by atoms with Gasteiger partial charge in [0.15, 0.2) is 0 Å². The van der Waals surface area contributed by atoms with Crippen molar-refractivity contribution in [2.24, 2.45) is 0 Å². The van der Waals surface area contributed by atoms with E-state index >= 15 is 0 Å². The van der Waals surface area contributed by atoms with Gasteiger partial charge in [0.1, 0.15) is 0 Å². The van der Waals surface area contributed by atoms with Crippen LogP contribution in [0.2, 0.25) is 0 Å². The van der Waals surface area contributed by atoms with E-state index in [1.165, 1.54) is 4.90 Å². The molecule has 1 heterocycles. The van der Waals surface area contributed by atoms with Crippen LogP contribution >= 0.6 is 0 Å². The molecule has 1 saturated heterocycles. The monoisotopic (exact) mass is 195 g/mol. The molecule has 3 nitrogen and oxygen atoms in total. The Balaban J connectivity index is 2.42. The summed E-state index contributed by atoms with van der Waals surface area (Å²) in [6.07, 6.45) is -0.931. The molecule has 0 N–H and O–H groups in total. The van der Waals surface area contributed by atoms with Gasteiger partial charge in [-0.25, -0.2) is 0 Å². The second-order valence-electron chi connectivity index (χ2n) is 3.26. The maximum absolute atomic E-state index is 12.0. The summed E-state index contributed by atoms with van der Waals surface area (Å²) in [4.78, 5) is 13.6. The summed E-state index contributed by atoms with van der Waals surface area (Å²) in [6.45, 7) is -4.23. The third-order valence-corrected chi connectivity index (χ3v) is 2.00. The molecular weight excluding hydrogens is 184 g/mol. The van der Waals surface area contributed by atoms with Crippen LogP contribution in [0, 0.1) is 0 Å². The van der Waals surface area contributed by atoms with Crippen molar-refractivity contribution < 1.29 is 17.7 Å². The average Bonchev–Trinajstić information content (AvgIpc) is 1.94. The highest BCUT2D eigenvalue weighted by molar-refractivity contribution is 6.58. The van der Waals surface area contributed by atoms with Crippen LogP contribution in [0.3, 0.4) is 0 Å². The first kappa shape index (κ1) is 10.4. The zero-order chi connectivity index (χ0) is 10.1. The normalized spacial score (nSPS) is 20.9. The number of hydrogen-bond donors (Lipinski definition) is 0. The molecule has 0 aromatic carbocycles. The summed E-state index contributed by atoms with van der Waals surface area (Å²) in [5.74, 6) is -0.244. The number of hydrogen-bond acceptors (Lipinski definition) is 2. The highest BCUT2D eigenvalue weighted by Gasteiger charge is 2.30. The number of likely N-dealkylation sites (N-methyl/N-ethyl adjacent to an activating group) is 1. The van der Waals surface area contributed by atoms with Crippen LogP contribution in [0.1, 0.15) is 0 Å². The minimum absolute atomic E-state index is 0.113. The van der Waals surface area contributed by atoms with Crippen LogP contribution in [0.5, 0.6) is 0 Å². The molecule has 0 radical (unpaired) electrons. The molecule has 0 aromatic heterocycles. The highest BCUT2D eigenvalue weighted by Crippen LogP contribution is 2.12. The van der Waals surface area contributed by atoms with Crippen LogP contribution in [-0.4, -0.2) is 55.8 Å². The molecule has 1 aliphatic heterocycles. The topological polar surface area (TPSA) is 23.6 Å². The van der Waals surface area contributed by atoms with E-state index < -0.39 is 13.4 Å². The molecule has 1 aliphatic rings. The van der Waals surface area contributed by atoms with Crippen LogP contribution < -0.4 is 0 Å². The molecule has 0 bridgehead atoms. The van der Waals surface area contributed by atoms with Crippen LogP contribution in [0.15, 0.2) is 0 Å². The number of carbonyl (C=O) groups excluding carboxylic acids is 1. The minimum Gasteiger partial charge on any atom is -0.448 e. The van der Waals surface area contributed by atoms with Crippen molar-refractivity contribution >= 4 is 12.9 Å². The number of rotatable bonds is 2. The van der Waals surface area contributed by atoms with Gasteiger partial charge in [-0.05, 0) is 6.44 Å². The Labute approximate surface area is 74.5 Å². The lowest BCUT2D eigenvalue weighted by Crippen LogP contribution is -2.52. The number of halogens is 3. The average molecular weight is 195 g/mol. The standard InChI is InChI=1S/C6H11BF3N2O/c1-11-2-3-12(4-6(11)13)5-7(8,9)10/h2-5H2,1H3/q-1. The Morgan fingerprint density at radius 2 is 2.00 bits per heavy atom. The Morgan fingerprint density at radius 1 is 1.38 bits per heavy atom. The molecule has 0 spiro atoms. The van der Waals surface area contributed by atoms with E-state index in [9.17, 15) is 17.7 Å². The molecule has 0 unspecified atom stereocenters. The predicted molar refractivity (Wildman–Crippen MR) is 43.2 cm³/mol. The van der Waals surface area contributed by atoms with Crippen molar-refractivity contribution in [1.29, 1.82) is 0 Å². The first-order valence-corrected chi connectivity index (χ1v) is 4.06. The van der Waals surface area contributed by atoms with Crippen molar-refractivity contribution in [3.8, 4) is 0 Å². The lowest BCUT2D eigenvalue weighted by Gasteiger charge is -2.34. The molecule has 1 amide bonds. The highest BCUT2D eigenvalue weighted by atomic mass is 19.4. The van der Waals surface area contributed by atoms with E-state index in [0.717, 1.165) is 4.90 Å². The van der Waals surface area contributed by atoms with Crippen molar-refractivity contribution in [3.63, 3.8) is 0 Å². The van der Waals surface area contributed by atoms with Gasteiger partial charge in [-0.1, -0.05) is 0 Å². The van der Waals surface area contributed by atoms with Gasteiger partial charge in [-0.3, -0.25) is 4.79 Å². The number of nitrogens with zero attached hydrogens (tertiary/aromatic N) is 2. The van der Waals surface area contributed by atoms with E-state index in [-0.39, 0.29) is 12.5 Å². The Bertz CT molecular complexity index is 209. The van der Waals surface area contributed by atoms with Gasteiger partial charge in [-0.2, -0.15) is 0 Å². The third kappa shape index (κ3) is 3.26. The molecule has 1 fully saturated rings. The van der Waals surface area contributed by atoms with Gasteiger partial charge in [0.2, 0.25) is 5.91 Å². The molecular formula is C6H11BF3N2O-. The fourth-order valence-corrected chi connectivity index (χ4v) is 1.26. The SMILES string of the molecule is CN1CCN(C[B-](F)(F)F)CC1=O. The molecule has 0 atom stereocenters. The summed E-state index contributed by atoms with van der Waals surface area (Å²) in [5.41, 5.74) is 0. The van der Waals surface area contributed by atoms with E-state index in [1.807, 2.05) is 0 Å². The molecule has 0 aliphatic carbocycles. The van der Waals surface area contributed by atoms with Gasteiger partial charge in [0.05, 0.1) is 6.54 Å². The second-order valence-corrected chi connectivity index (χ2v) is 3.26. The third-order valence-electron chi connectivity index (χ3n) is 2.00. The van der Waals surface area contributed by atoms with Crippen LogP contribution in [0.4, 0.5) is 12.9 Å². The van der Waals surface area contributed by atoms with E-state index in [0.29, 0.717) is 13.1 Å². The zero-order valence-corrected chi connectivity index (χ0v) is 7.34. The molecule has 7 heteroatoms. The first-order valence-electron chi connectivity index (χ1n) is 4.06. The maximum Gasteiger partial charge on any atom is 0.492 e. The van der Waals surface area contributed by atoms with Gasteiger partial charge in [-0.15, -0.1) is 0 Å². The summed E-state index contributed by atoms with van der Waals surface area (Å²) >= 11 is 0. The Hall–Kier alpha value is -0.715. The van der Waals surface area contributed by atoms with Crippen LogP contribution in [0.25, 0.3) is 0 Å². The molecule has 13 heavy (non-hydrogen) atoms. The second kappa shape index (κ2) is 3.57. The minimum atomic E-state index is -4.81. The molecule has 76 valence electrons. The summed E-state index contributed by atoms with van der Waals surface area (Å²) < 4.78 is 35.9. The number of carbonyl (C=O) groups is 1. The number of piperazine rings is 1. The van der Waals surface area contributed by atoms with Crippen molar-refractivity contribution in [2.75, 3.05) is 33.1 Å². The van der Waals surface area contributed by atoms with Gasteiger partial charge >= 0.3 is 6.98 Å². The summed E-state index contributed by atoms with van der Waals surface area (Å²) in [7, 11) is 1.60. The maximum atomic E-state index is 12.0. The largest absolute Gasteiger partial charge is 0.492 e. The van der Waals surface area contributed by atoms with E-state index in [4.69, 9.17) is 0 Å². The van der Waals surface area contributed by atoms with Gasteiger partial charge < -0.3 is 22.7 Å². The molecule has 0 saturated carbocycles. The summed E-state index contributed by atoms with van der Waals surface area (Å²) in [5, 5.41) is 0. The summed E-state index contributed by atoms with van der Waals surface area (Å²) in [6, 6.07) is 0. The fourth-order valence-electron chi connectivity index (χ4n) is 1.26. The van der Waals surface area contributed by atoms with Crippen molar-refractivity contribution in [1.82, 2.24) is 9.80 Å². The van der Waals surface area contributed by atoms with Crippen LogP contribution in [-0.2, 0) is 4.79 Å². The fraction of sp³-hybridized carbons (Fsp3) is 0.833. The Morgan fingerprint density at radius 3 is 2.46 bits per heavy atom.